The number of halogens is 3. The van der Waals surface area contributed by atoms with Crippen molar-refractivity contribution in [2.75, 3.05) is 38.1 Å². The first-order valence-electron chi connectivity index (χ1n) is 13.0. The second-order valence-corrected chi connectivity index (χ2v) is 10.8. The second-order valence-electron chi connectivity index (χ2n) is 10.4. The summed E-state index contributed by atoms with van der Waals surface area (Å²) >= 11 is 6.24. The highest BCUT2D eigenvalue weighted by Crippen LogP contribution is 2.45. The number of nitrogens with one attached hydrogen (secondary N) is 1. The van der Waals surface area contributed by atoms with Gasteiger partial charge < -0.3 is 14.4 Å². The number of cyclic esters (lactones) is 1. The number of anilines is 1. The molecule has 0 radical (unpaired) electrons. The fourth-order valence-electron chi connectivity index (χ4n) is 6.16. The van der Waals surface area contributed by atoms with Gasteiger partial charge in [0.1, 0.15) is 18.2 Å². The maximum absolute atomic E-state index is 13.8. The fraction of sp³-hybridized carbons (Fsp3) is 0.444. The Morgan fingerprint density at radius 1 is 1.00 bits per heavy atom. The zero-order chi connectivity index (χ0) is 27.3. The highest BCUT2D eigenvalue weighted by Gasteiger charge is 2.46. The maximum Gasteiger partial charge on any atom is 0.418 e. The van der Waals surface area contributed by atoms with E-state index in [1.165, 1.54) is 6.07 Å². The minimum Gasteiger partial charge on any atom is -0.446 e. The van der Waals surface area contributed by atoms with Gasteiger partial charge in [0.15, 0.2) is 11.6 Å². The zero-order valence-electron chi connectivity index (χ0n) is 21.0. The van der Waals surface area contributed by atoms with E-state index in [0.717, 1.165) is 28.3 Å². The molecule has 1 atom stereocenters. The average molecular weight is 561 g/mol. The van der Waals surface area contributed by atoms with E-state index in [0.29, 0.717) is 62.4 Å². The van der Waals surface area contributed by atoms with Gasteiger partial charge in [0.05, 0.1) is 5.69 Å². The van der Waals surface area contributed by atoms with E-state index < -0.39 is 41.5 Å². The molecule has 9 nitrogen and oxygen atoms in total. The number of fused-ring (bicyclic) bond motifs is 2. The average Bonchev–Trinajstić information content (AvgIpc) is 3.32. The van der Waals surface area contributed by atoms with Gasteiger partial charge >= 0.3 is 18.2 Å². The van der Waals surface area contributed by atoms with Crippen LogP contribution in [-0.2, 0) is 15.1 Å². The van der Waals surface area contributed by atoms with Crippen LogP contribution in [0.25, 0.3) is 0 Å². The molecule has 1 N–H and O–H groups in total. The molecule has 0 saturated carbocycles. The Balaban J connectivity index is 1.08. The summed E-state index contributed by atoms with van der Waals surface area (Å²) in [4.78, 5) is 42.9. The van der Waals surface area contributed by atoms with Crippen LogP contribution >= 0.6 is 11.6 Å². The Kier molecular flexibility index (Phi) is 6.58. The van der Waals surface area contributed by atoms with E-state index in [-0.39, 0.29) is 12.6 Å². The Morgan fingerprint density at radius 2 is 1.74 bits per heavy atom. The van der Waals surface area contributed by atoms with Crippen molar-refractivity contribution in [1.29, 1.82) is 0 Å². The van der Waals surface area contributed by atoms with Gasteiger partial charge in [-0.1, -0.05) is 17.7 Å². The summed E-state index contributed by atoms with van der Waals surface area (Å²) in [5, 5.41) is 3.33. The van der Waals surface area contributed by atoms with E-state index in [1.807, 2.05) is 6.07 Å². The lowest BCUT2D eigenvalue weighted by atomic mass is 9.81. The number of carbonyl (C=O) groups is 3. The van der Waals surface area contributed by atoms with Gasteiger partial charge in [0.25, 0.3) is 0 Å². The third-order valence-corrected chi connectivity index (χ3v) is 8.50. The fourth-order valence-corrected chi connectivity index (χ4v) is 6.34. The van der Waals surface area contributed by atoms with Gasteiger partial charge in [-0.05, 0) is 48.7 Å². The van der Waals surface area contributed by atoms with Crippen molar-refractivity contribution in [3.05, 3.63) is 64.2 Å². The molecule has 2 aromatic rings. The third-order valence-electron chi connectivity index (χ3n) is 8.26. The van der Waals surface area contributed by atoms with Crippen molar-refractivity contribution in [3.63, 3.8) is 0 Å². The smallest absolute Gasteiger partial charge is 0.418 e. The summed E-state index contributed by atoms with van der Waals surface area (Å²) in [7, 11) is 0. The van der Waals surface area contributed by atoms with Crippen molar-refractivity contribution >= 4 is 35.5 Å². The topological polar surface area (TPSA) is 91.4 Å². The molecule has 2 aromatic carbocycles. The van der Waals surface area contributed by atoms with Crippen molar-refractivity contribution in [2.45, 2.75) is 43.4 Å². The largest absolute Gasteiger partial charge is 0.446 e. The third kappa shape index (κ3) is 4.67. The van der Waals surface area contributed by atoms with Crippen LogP contribution in [0.1, 0.15) is 42.9 Å². The molecule has 0 bridgehead atoms. The zero-order valence-corrected chi connectivity index (χ0v) is 21.8. The highest BCUT2D eigenvalue weighted by atomic mass is 35.5. The first kappa shape index (κ1) is 25.8. The van der Waals surface area contributed by atoms with Gasteiger partial charge in [-0.3, -0.25) is 10.2 Å². The molecular formula is C27H27ClF2N4O5. The Hall–Kier alpha value is -3.44. The monoisotopic (exact) mass is 560 g/mol. The molecule has 3 saturated heterocycles. The van der Waals surface area contributed by atoms with Crippen molar-refractivity contribution in [1.82, 2.24) is 14.7 Å². The minimum atomic E-state index is -1.05. The van der Waals surface area contributed by atoms with Crippen LogP contribution in [0.3, 0.4) is 0 Å². The Bertz CT molecular complexity index is 1330. The number of benzene rings is 2. The molecule has 4 aliphatic rings. The lowest BCUT2D eigenvalue weighted by Gasteiger charge is -2.47. The predicted molar refractivity (Wildman–Crippen MR) is 136 cm³/mol. The molecular weight excluding hydrogens is 534 g/mol. The van der Waals surface area contributed by atoms with E-state index in [9.17, 15) is 23.2 Å². The van der Waals surface area contributed by atoms with Crippen LogP contribution < -0.4 is 5.32 Å². The summed E-state index contributed by atoms with van der Waals surface area (Å²) in [5.74, 6) is -2.05. The number of hydrogen-bond acceptors (Lipinski definition) is 6. The number of nitrogens with zero attached hydrogens (tertiary/aromatic N) is 3. The number of urea groups is 1. The summed E-state index contributed by atoms with van der Waals surface area (Å²) in [6, 6.07) is 7.62. The first-order chi connectivity index (χ1) is 18.7. The number of piperidine rings is 2. The molecule has 39 heavy (non-hydrogen) atoms. The molecule has 0 aromatic heterocycles. The van der Waals surface area contributed by atoms with E-state index in [2.05, 4.69) is 10.2 Å². The van der Waals surface area contributed by atoms with E-state index >= 15 is 0 Å². The number of ether oxygens (including phenoxy) is 2. The van der Waals surface area contributed by atoms with Crippen LogP contribution in [0.15, 0.2) is 36.4 Å². The summed E-state index contributed by atoms with van der Waals surface area (Å²) in [6.07, 6.45) is 1.41. The van der Waals surface area contributed by atoms with Gasteiger partial charge in [0.2, 0.25) is 0 Å². The predicted octanol–water partition coefficient (Wildman–Crippen LogP) is 5.25. The summed E-state index contributed by atoms with van der Waals surface area (Å²) in [5.41, 5.74) is 1.19. The van der Waals surface area contributed by atoms with Gasteiger partial charge in [-0.25, -0.2) is 28.1 Å². The number of carbonyl (C=O) groups excluding carboxylic acids is 3. The quantitative estimate of drug-likeness (QED) is 0.539. The standard InChI is InChI=1S/C27H27ClF2N4O5/c28-17-2-4-22-19(14-17)27(39-24(35)31-22)7-11-32(12-8-27)18-5-9-33(10-6-18)25(36)34-23(15-38-26(34)37)16-1-3-20(29)21(30)13-16/h1-4,13-14,18,23H,5-12,15H2,(H,31,35)/t23-/m1/s1. The normalized spacial score (nSPS) is 23.3. The molecule has 4 aliphatic heterocycles. The molecule has 4 heterocycles. The van der Waals surface area contributed by atoms with Gasteiger partial charge in [-0.15, -0.1) is 0 Å². The molecule has 3 fully saturated rings. The van der Waals surface area contributed by atoms with Crippen LogP contribution in [-0.4, -0.2) is 71.7 Å². The molecule has 1 spiro atoms. The van der Waals surface area contributed by atoms with E-state index in [4.69, 9.17) is 21.1 Å². The number of imide groups is 1. The number of amides is 4. The Labute approximate surface area is 228 Å². The molecule has 4 amide bonds. The lowest BCUT2D eigenvalue weighted by molar-refractivity contribution is -0.0499. The first-order valence-corrected chi connectivity index (χ1v) is 13.4. The molecule has 0 aliphatic carbocycles. The second kappa shape index (κ2) is 9.95. The van der Waals surface area contributed by atoms with Crippen molar-refractivity contribution in [3.8, 4) is 0 Å². The van der Waals surface area contributed by atoms with Crippen molar-refractivity contribution < 1.29 is 32.6 Å². The van der Waals surface area contributed by atoms with Gasteiger partial charge in [-0.2, -0.15) is 0 Å². The SMILES string of the molecule is O=C1Nc2ccc(Cl)cc2C2(CCN(C3CCN(C(=O)N4C(=O)OC[C@@H]4c4ccc(F)c(F)c4)CC3)CC2)O1. The van der Waals surface area contributed by atoms with Crippen molar-refractivity contribution in [2.24, 2.45) is 0 Å². The number of rotatable bonds is 2. The summed E-state index contributed by atoms with van der Waals surface area (Å²) < 4.78 is 38.1. The van der Waals surface area contributed by atoms with Crippen LogP contribution in [0.4, 0.5) is 28.9 Å². The minimum absolute atomic E-state index is 0.115. The molecule has 0 unspecified atom stereocenters. The van der Waals surface area contributed by atoms with Crippen LogP contribution in [0, 0.1) is 11.6 Å². The molecule has 12 heteroatoms. The maximum atomic E-state index is 13.8. The van der Waals surface area contributed by atoms with Gasteiger partial charge in [0, 0.05) is 55.6 Å². The number of likely N-dealkylation sites (tertiary alicyclic amines) is 2. The highest BCUT2D eigenvalue weighted by molar-refractivity contribution is 6.30. The van der Waals surface area contributed by atoms with Crippen LogP contribution in [0.5, 0.6) is 0 Å². The Morgan fingerprint density at radius 3 is 2.46 bits per heavy atom. The molecule has 206 valence electrons. The lowest BCUT2D eigenvalue weighted by Crippen LogP contribution is -2.54. The van der Waals surface area contributed by atoms with E-state index in [1.54, 1.807) is 17.0 Å². The van der Waals surface area contributed by atoms with Crippen LogP contribution in [0.2, 0.25) is 5.02 Å². The summed E-state index contributed by atoms with van der Waals surface area (Å²) in [6.45, 7) is 2.20. The number of hydrogen-bond donors (Lipinski definition) is 1. The molecule has 6 rings (SSSR count).